The van der Waals surface area contributed by atoms with Crippen LogP contribution in [-0.4, -0.2) is 51.5 Å². The van der Waals surface area contributed by atoms with Gasteiger partial charge in [-0.05, 0) is 41.8 Å². The zero-order valence-electron chi connectivity index (χ0n) is 18.1. The van der Waals surface area contributed by atoms with Crippen LogP contribution in [-0.2, 0) is 11.3 Å². The largest absolute Gasteiger partial charge is 0.493 e. The van der Waals surface area contributed by atoms with E-state index in [1.807, 2.05) is 59.8 Å². The second kappa shape index (κ2) is 9.93. The molecule has 0 bridgehead atoms. The first-order valence-electron chi connectivity index (χ1n) is 10.3. The Hall–Kier alpha value is -3.23. The van der Waals surface area contributed by atoms with Gasteiger partial charge in [0.05, 0.1) is 31.6 Å². The van der Waals surface area contributed by atoms with Crippen molar-refractivity contribution >= 4 is 34.4 Å². The summed E-state index contributed by atoms with van der Waals surface area (Å²) in [4.78, 5) is 17.1. The van der Waals surface area contributed by atoms with Crippen LogP contribution < -0.4 is 19.3 Å². The number of anilines is 3. The van der Waals surface area contributed by atoms with Gasteiger partial charge >= 0.3 is 5.97 Å². The second-order valence-electron chi connectivity index (χ2n) is 7.37. The minimum atomic E-state index is -0.948. The molecule has 8 heteroatoms. The SMILES string of the molecule is COc1cc(N(C)c2ccc(N3CCOCC3)c(C(=O)O)c2)ccc1OCc1cccs1. The fourth-order valence-corrected chi connectivity index (χ4v) is 4.28. The number of methoxy groups -OCH3 is 1. The molecule has 2 aromatic carbocycles. The molecular formula is C24H26N2O5S. The molecule has 1 aliphatic heterocycles. The van der Waals surface area contributed by atoms with Gasteiger partial charge in [0.25, 0.3) is 0 Å². The third kappa shape index (κ3) is 4.81. The van der Waals surface area contributed by atoms with E-state index >= 15 is 0 Å². The maximum atomic E-state index is 12.0. The molecule has 0 saturated carbocycles. The van der Waals surface area contributed by atoms with Gasteiger partial charge in [0.2, 0.25) is 0 Å². The predicted octanol–water partition coefficient (Wildman–Crippen LogP) is 4.64. The van der Waals surface area contributed by atoms with Crippen molar-refractivity contribution in [2.75, 3.05) is 50.3 Å². The maximum Gasteiger partial charge on any atom is 0.337 e. The molecule has 3 aromatic rings. The van der Waals surface area contributed by atoms with Gasteiger partial charge in [0, 0.05) is 42.5 Å². The summed E-state index contributed by atoms with van der Waals surface area (Å²) >= 11 is 1.64. The Bertz CT molecular complexity index is 1060. The summed E-state index contributed by atoms with van der Waals surface area (Å²) in [6, 6.07) is 15.2. The molecule has 168 valence electrons. The number of nitrogens with zero attached hydrogens (tertiary/aromatic N) is 2. The number of carboxylic acids is 1. The van der Waals surface area contributed by atoms with E-state index in [1.54, 1.807) is 24.5 Å². The lowest BCUT2D eigenvalue weighted by Crippen LogP contribution is -2.37. The van der Waals surface area contributed by atoms with Crippen molar-refractivity contribution in [3.63, 3.8) is 0 Å². The van der Waals surface area contributed by atoms with Gasteiger partial charge < -0.3 is 29.1 Å². The molecule has 1 aromatic heterocycles. The predicted molar refractivity (Wildman–Crippen MR) is 126 cm³/mol. The van der Waals surface area contributed by atoms with Gasteiger partial charge in [-0.15, -0.1) is 11.3 Å². The zero-order valence-corrected chi connectivity index (χ0v) is 18.9. The van der Waals surface area contributed by atoms with Crippen LogP contribution in [0.25, 0.3) is 0 Å². The Morgan fingerprint density at radius 1 is 1.12 bits per heavy atom. The van der Waals surface area contributed by atoms with Crippen LogP contribution in [0.2, 0.25) is 0 Å². The van der Waals surface area contributed by atoms with E-state index < -0.39 is 5.97 Å². The summed E-state index contributed by atoms with van der Waals surface area (Å²) in [7, 11) is 3.51. The minimum Gasteiger partial charge on any atom is -0.493 e. The van der Waals surface area contributed by atoms with Crippen LogP contribution >= 0.6 is 11.3 Å². The van der Waals surface area contributed by atoms with Crippen LogP contribution in [0.15, 0.2) is 53.9 Å². The number of aromatic carboxylic acids is 1. The molecule has 1 saturated heterocycles. The number of carboxylic acid groups (broad SMARTS) is 1. The highest BCUT2D eigenvalue weighted by atomic mass is 32.1. The standard InChI is InChI=1S/C24H26N2O5S/c1-25(17-5-7-21(20(14-17)24(27)28)26-9-11-30-12-10-26)18-6-8-22(23(15-18)29-2)31-16-19-4-3-13-32-19/h3-8,13-15H,9-12,16H2,1-2H3,(H,27,28). The molecule has 7 nitrogen and oxygen atoms in total. The molecule has 4 rings (SSSR count). The summed E-state index contributed by atoms with van der Waals surface area (Å²) in [5.74, 6) is 0.331. The van der Waals surface area contributed by atoms with E-state index in [0.29, 0.717) is 50.1 Å². The zero-order chi connectivity index (χ0) is 22.5. The van der Waals surface area contributed by atoms with Crippen LogP contribution in [0.1, 0.15) is 15.2 Å². The van der Waals surface area contributed by atoms with Gasteiger partial charge in [-0.2, -0.15) is 0 Å². The fraction of sp³-hybridized carbons (Fsp3) is 0.292. The first kappa shape index (κ1) is 22.0. The topological polar surface area (TPSA) is 71.5 Å². The van der Waals surface area contributed by atoms with Crippen molar-refractivity contribution in [1.82, 2.24) is 0 Å². The fourth-order valence-electron chi connectivity index (χ4n) is 3.66. The van der Waals surface area contributed by atoms with Crippen molar-refractivity contribution in [2.24, 2.45) is 0 Å². The summed E-state index contributed by atoms with van der Waals surface area (Å²) in [6.07, 6.45) is 0. The van der Waals surface area contributed by atoms with E-state index in [-0.39, 0.29) is 5.56 Å². The molecule has 1 aliphatic rings. The molecule has 2 heterocycles. The molecule has 0 spiro atoms. The van der Waals surface area contributed by atoms with E-state index in [1.165, 1.54) is 0 Å². The lowest BCUT2D eigenvalue weighted by molar-refractivity contribution is 0.0696. The summed E-state index contributed by atoms with van der Waals surface area (Å²) < 4.78 is 16.9. The van der Waals surface area contributed by atoms with E-state index in [0.717, 1.165) is 16.3 Å². The average Bonchev–Trinajstić information content (AvgIpc) is 3.36. The third-order valence-electron chi connectivity index (χ3n) is 5.43. The highest BCUT2D eigenvalue weighted by Gasteiger charge is 2.20. The molecule has 0 unspecified atom stereocenters. The second-order valence-corrected chi connectivity index (χ2v) is 8.40. The highest BCUT2D eigenvalue weighted by molar-refractivity contribution is 7.09. The van der Waals surface area contributed by atoms with Crippen LogP contribution in [0, 0.1) is 0 Å². The van der Waals surface area contributed by atoms with Crippen molar-refractivity contribution in [3.05, 3.63) is 64.4 Å². The van der Waals surface area contributed by atoms with Gasteiger partial charge in [0.15, 0.2) is 11.5 Å². The Morgan fingerprint density at radius 2 is 1.88 bits per heavy atom. The Morgan fingerprint density at radius 3 is 2.56 bits per heavy atom. The monoisotopic (exact) mass is 454 g/mol. The molecule has 1 N–H and O–H groups in total. The van der Waals surface area contributed by atoms with E-state index in [2.05, 4.69) is 4.90 Å². The number of hydrogen-bond acceptors (Lipinski definition) is 7. The molecular weight excluding hydrogens is 428 g/mol. The van der Waals surface area contributed by atoms with E-state index in [9.17, 15) is 9.90 Å². The Kier molecular flexibility index (Phi) is 6.82. The number of morpholine rings is 1. The number of benzene rings is 2. The van der Waals surface area contributed by atoms with E-state index in [4.69, 9.17) is 14.2 Å². The summed E-state index contributed by atoms with van der Waals surface area (Å²) in [6.45, 7) is 3.04. The number of carbonyl (C=O) groups is 1. The number of rotatable bonds is 8. The van der Waals surface area contributed by atoms with Crippen LogP contribution in [0.3, 0.4) is 0 Å². The van der Waals surface area contributed by atoms with Gasteiger partial charge in [-0.1, -0.05) is 6.07 Å². The minimum absolute atomic E-state index is 0.277. The smallest absolute Gasteiger partial charge is 0.337 e. The third-order valence-corrected chi connectivity index (χ3v) is 6.28. The number of thiophene rings is 1. The van der Waals surface area contributed by atoms with Crippen molar-refractivity contribution < 1.29 is 24.1 Å². The Labute approximate surface area is 191 Å². The molecule has 0 atom stereocenters. The van der Waals surface area contributed by atoms with Crippen LogP contribution in [0.5, 0.6) is 11.5 Å². The van der Waals surface area contributed by atoms with Crippen molar-refractivity contribution in [2.45, 2.75) is 6.61 Å². The van der Waals surface area contributed by atoms with Crippen molar-refractivity contribution in [3.8, 4) is 11.5 Å². The summed E-state index contributed by atoms with van der Waals surface area (Å²) in [5, 5.41) is 11.8. The lowest BCUT2D eigenvalue weighted by atomic mass is 10.1. The number of hydrogen-bond donors (Lipinski definition) is 1. The molecule has 0 radical (unpaired) electrons. The molecule has 0 aliphatic carbocycles. The first-order valence-corrected chi connectivity index (χ1v) is 11.2. The van der Waals surface area contributed by atoms with Gasteiger partial charge in [0.1, 0.15) is 6.61 Å². The lowest BCUT2D eigenvalue weighted by Gasteiger charge is -2.30. The quantitative estimate of drug-likeness (QED) is 0.532. The number of ether oxygens (including phenoxy) is 3. The van der Waals surface area contributed by atoms with Crippen molar-refractivity contribution in [1.29, 1.82) is 0 Å². The molecule has 0 amide bonds. The molecule has 1 fully saturated rings. The maximum absolute atomic E-state index is 12.0. The highest BCUT2D eigenvalue weighted by Crippen LogP contribution is 2.36. The average molecular weight is 455 g/mol. The molecule has 32 heavy (non-hydrogen) atoms. The first-order chi connectivity index (χ1) is 15.6. The van der Waals surface area contributed by atoms with Crippen LogP contribution in [0.4, 0.5) is 17.1 Å². The normalized spacial score (nSPS) is 13.6. The summed E-state index contributed by atoms with van der Waals surface area (Å²) in [5.41, 5.74) is 2.63. The van der Waals surface area contributed by atoms with Gasteiger partial charge in [-0.25, -0.2) is 4.79 Å². The van der Waals surface area contributed by atoms with Gasteiger partial charge in [-0.3, -0.25) is 0 Å². The Balaban J connectivity index is 1.57.